The summed E-state index contributed by atoms with van der Waals surface area (Å²) >= 11 is 0. The highest BCUT2D eigenvalue weighted by Gasteiger charge is 2.20. The molecule has 1 heterocycles. The fraction of sp³-hybridized carbons (Fsp3) is 0.714. The molecule has 0 atom stereocenters. The van der Waals surface area contributed by atoms with Crippen LogP contribution >= 0.6 is 0 Å². The van der Waals surface area contributed by atoms with E-state index < -0.39 is 0 Å². The summed E-state index contributed by atoms with van der Waals surface area (Å²) in [5.41, 5.74) is 4.74. The SMILES string of the molecule is CC.CC.CC1=CC2=C(CC1)N(C)CC2. The standard InChI is InChI=1S/C10H15N.2C2H6/c1-8-3-4-10-9(7-8)5-6-11(10)2;2*1-2/h7H,3-6H2,1-2H3;2*1-2H3. The molecular weight excluding hydrogens is 182 g/mol. The van der Waals surface area contributed by atoms with E-state index in [0.717, 1.165) is 0 Å². The van der Waals surface area contributed by atoms with E-state index in [1.54, 1.807) is 16.8 Å². The molecule has 0 aromatic heterocycles. The first kappa shape index (κ1) is 14.3. The third-order valence-corrected chi connectivity index (χ3v) is 2.72. The zero-order chi connectivity index (χ0) is 11.8. The predicted molar refractivity (Wildman–Crippen MR) is 70.0 cm³/mol. The van der Waals surface area contributed by atoms with E-state index in [0.29, 0.717) is 0 Å². The van der Waals surface area contributed by atoms with Gasteiger partial charge in [0, 0.05) is 19.3 Å². The Bertz CT molecular complexity index is 236. The molecule has 1 aliphatic carbocycles. The van der Waals surface area contributed by atoms with E-state index in [-0.39, 0.29) is 0 Å². The van der Waals surface area contributed by atoms with Gasteiger partial charge in [-0.05, 0) is 31.8 Å². The smallest absolute Gasteiger partial charge is 0.0213 e. The highest BCUT2D eigenvalue weighted by atomic mass is 15.1. The lowest BCUT2D eigenvalue weighted by Crippen LogP contribution is -2.13. The zero-order valence-electron chi connectivity index (χ0n) is 11.4. The van der Waals surface area contributed by atoms with Crippen LogP contribution in [0, 0.1) is 0 Å². The van der Waals surface area contributed by atoms with Crippen molar-refractivity contribution in [1.29, 1.82) is 0 Å². The van der Waals surface area contributed by atoms with Crippen molar-refractivity contribution in [3.8, 4) is 0 Å². The third kappa shape index (κ3) is 3.73. The second-order valence-corrected chi connectivity index (χ2v) is 3.63. The lowest BCUT2D eigenvalue weighted by molar-refractivity contribution is 0.441. The first-order valence-corrected chi connectivity index (χ1v) is 6.38. The number of rotatable bonds is 0. The fourth-order valence-electron chi connectivity index (χ4n) is 2.00. The minimum absolute atomic E-state index is 1.23. The normalized spacial score (nSPS) is 18.3. The van der Waals surface area contributed by atoms with Crippen LogP contribution in [0.3, 0.4) is 0 Å². The number of allylic oxidation sites excluding steroid dienone is 3. The van der Waals surface area contributed by atoms with E-state index in [2.05, 4.69) is 24.9 Å². The largest absolute Gasteiger partial charge is 0.377 e. The topological polar surface area (TPSA) is 3.24 Å². The Hall–Kier alpha value is -0.720. The molecular formula is C14H27N. The van der Waals surface area contributed by atoms with Gasteiger partial charge >= 0.3 is 0 Å². The quantitative estimate of drug-likeness (QED) is 0.572. The monoisotopic (exact) mass is 209 g/mol. The van der Waals surface area contributed by atoms with Gasteiger partial charge in [-0.15, -0.1) is 0 Å². The Kier molecular flexibility index (Phi) is 7.19. The fourth-order valence-corrected chi connectivity index (χ4v) is 2.00. The maximum atomic E-state index is 2.40. The van der Waals surface area contributed by atoms with Gasteiger partial charge in [0.2, 0.25) is 0 Å². The molecule has 2 aliphatic rings. The molecule has 0 bridgehead atoms. The summed E-state index contributed by atoms with van der Waals surface area (Å²) in [4.78, 5) is 2.40. The van der Waals surface area contributed by atoms with Crippen LogP contribution in [-0.4, -0.2) is 18.5 Å². The first-order chi connectivity index (χ1) is 7.27. The average Bonchev–Trinajstić information content (AvgIpc) is 2.65. The van der Waals surface area contributed by atoms with Gasteiger partial charge in [0.25, 0.3) is 0 Å². The van der Waals surface area contributed by atoms with E-state index in [1.165, 1.54) is 25.8 Å². The van der Waals surface area contributed by atoms with Crippen LogP contribution in [0.15, 0.2) is 22.9 Å². The Morgan fingerprint density at radius 2 is 1.60 bits per heavy atom. The molecule has 2 rings (SSSR count). The molecule has 0 radical (unpaired) electrons. The van der Waals surface area contributed by atoms with Crippen molar-refractivity contribution in [3.05, 3.63) is 22.9 Å². The maximum Gasteiger partial charge on any atom is 0.0213 e. The van der Waals surface area contributed by atoms with Crippen LogP contribution in [0.5, 0.6) is 0 Å². The lowest BCUT2D eigenvalue weighted by atomic mass is 9.98. The van der Waals surface area contributed by atoms with Crippen molar-refractivity contribution in [1.82, 2.24) is 4.90 Å². The molecule has 1 heteroatoms. The average molecular weight is 209 g/mol. The molecule has 0 aromatic carbocycles. The van der Waals surface area contributed by atoms with Gasteiger partial charge < -0.3 is 4.90 Å². The highest BCUT2D eigenvalue weighted by molar-refractivity contribution is 5.35. The predicted octanol–water partition coefficient (Wildman–Crippen LogP) is 4.37. The molecule has 0 aromatic rings. The Morgan fingerprint density at radius 3 is 2.20 bits per heavy atom. The van der Waals surface area contributed by atoms with Crippen LogP contribution in [0.25, 0.3) is 0 Å². The minimum Gasteiger partial charge on any atom is -0.377 e. The second-order valence-electron chi connectivity index (χ2n) is 3.63. The van der Waals surface area contributed by atoms with Gasteiger partial charge in [-0.1, -0.05) is 39.3 Å². The van der Waals surface area contributed by atoms with Crippen molar-refractivity contribution in [2.45, 2.75) is 53.9 Å². The Morgan fingerprint density at radius 1 is 1.00 bits per heavy atom. The van der Waals surface area contributed by atoms with Crippen LogP contribution in [-0.2, 0) is 0 Å². The van der Waals surface area contributed by atoms with Crippen molar-refractivity contribution < 1.29 is 0 Å². The van der Waals surface area contributed by atoms with E-state index in [9.17, 15) is 0 Å². The molecule has 88 valence electrons. The maximum absolute atomic E-state index is 2.40. The number of hydrogen-bond acceptors (Lipinski definition) is 1. The summed E-state index contributed by atoms with van der Waals surface area (Å²) in [7, 11) is 2.21. The van der Waals surface area contributed by atoms with Crippen LogP contribution in [0.2, 0.25) is 0 Å². The summed E-state index contributed by atoms with van der Waals surface area (Å²) in [5.74, 6) is 0. The van der Waals surface area contributed by atoms with E-state index in [1.807, 2.05) is 27.7 Å². The lowest BCUT2D eigenvalue weighted by Gasteiger charge is -2.19. The van der Waals surface area contributed by atoms with E-state index >= 15 is 0 Å². The van der Waals surface area contributed by atoms with Gasteiger partial charge in [0.05, 0.1) is 0 Å². The number of nitrogens with zero attached hydrogens (tertiary/aromatic N) is 1. The second kappa shape index (κ2) is 7.56. The van der Waals surface area contributed by atoms with Crippen molar-refractivity contribution in [3.63, 3.8) is 0 Å². The van der Waals surface area contributed by atoms with Gasteiger partial charge in [0.1, 0.15) is 0 Å². The van der Waals surface area contributed by atoms with Crippen molar-refractivity contribution in [2.75, 3.05) is 13.6 Å². The summed E-state index contributed by atoms with van der Waals surface area (Å²) in [5, 5.41) is 0. The van der Waals surface area contributed by atoms with E-state index in [4.69, 9.17) is 0 Å². The van der Waals surface area contributed by atoms with Crippen LogP contribution in [0.4, 0.5) is 0 Å². The Balaban J connectivity index is 0.000000442. The summed E-state index contributed by atoms with van der Waals surface area (Å²) < 4.78 is 0. The molecule has 0 fully saturated rings. The molecule has 0 saturated carbocycles. The summed E-state index contributed by atoms with van der Waals surface area (Å²) in [6.07, 6.45) is 6.18. The Labute approximate surface area is 95.9 Å². The first-order valence-electron chi connectivity index (χ1n) is 6.38. The van der Waals surface area contributed by atoms with Gasteiger partial charge in [-0.2, -0.15) is 0 Å². The molecule has 0 N–H and O–H groups in total. The molecule has 0 unspecified atom stereocenters. The van der Waals surface area contributed by atoms with Crippen molar-refractivity contribution in [2.24, 2.45) is 0 Å². The molecule has 0 spiro atoms. The number of hydrogen-bond donors (Lipinski definition) is 0. The molecule has 0 saturated heterocycles. The minimum atomic E-state index is 1.23. The van der Waals surface area contributed by atoms with Gasteiger partial charge in [-0.3, -0.25) is 0 Å². The van der Waals surface area contributed by atoms with Crippen LogP contribution < -0.4 is 0 Å². The molecule has 1 nitrogen and oxygen atoms in total. The summed E-state index contributed by atoms with van der Waals surface area (Å²) in [6.45, 7) is 11.5. The van der Waals surface area contributed by atoms with Gasteiger partial charge in [0.15, 0.2) is 0 Å². The zero-order valence-corrected chi connectivity index (χ0v) is 11.4. The highest BCUT2D eigenvalue weighted by Crippen LogP contribution is 2.32. The summed E-state index contributed by atoms with van der Waals surface area (Å²) in [6, 6.07) is 0. The van der Waals surface area contributed by atoms with Crippen LogP contribution in [0.1, 0.15) is 53.9 Å². The molecule has 15 heavy (non-hydrogen) atoms. The molecule has 0 amide bonds. The van der Waals surface area contributed by atoms with Crippen molar-refractivity contribution >= 4 is 0 Å². The van der Waals surface area contributed by atoms with Gasteiger partial charge in [-0.25, -0.2) is 0 Å². The third-order valence-electron chi connectivity index (χ3n) is 2.72. The molecule has 1 aliphatic heterocycles.